The zero-order valence-electron chi connectivity index (χ0n) is 18.2. The first-order chi connectivity index (χ1) is 16.4. The number of fused-ring (bicyclic) bond motifs is 1. The average Bonchev–Trinajstić information content (AvgIpc) is 3.01. The van der Waals surface area contributed by atoms with Crippen molar-refractivity contribution in [2.45, 2.75) is 18.0 Å². The maximum absolute atomic E-state index is 13.5. The fourth-order valence-electron chi connectivity index (χ4n) is 3.62. The summed E-state index contributed by atoms with van der Waals surface area (Å²) in [7, 11) is -5.24. The van der Waals surface area contributed by atoms with Crippen LogP contribution in [0.2, 0.25) is 20.1 Å². The number of nitro benzene ring substituents is 1. The van der Waals surface area contributed by atoms with Crippen LogP contribution in [0.3, 0.4) is 0 Å². The molecule has 4 rings (SSSR count). The van der Waals surface area contributed by atoms with Gasteiger partial charge >= 0.3 is 35.2 Å². The molecular weight excluding hydrogens is 587 g/mol. The van der Waals surface area contributed by atoms with Crippen molar-refractivity contribution >= 4 is 73.2 Å². The monoisotopic (exact) mass is 597 g/mol. The van der Waals surface area contributed by atoms with E-state index in [1.165, 1.54) is 16.7 Å². The molecule has 9 nitrogen and oxygen atoms in total. The molecule has 0 aliphatic rings. The Balaban J connectivity index is 0.00000361. The van der Waals surface area contributed by atoms with Crippen LogP contribution >= 0.6 is 46.4 Å². The Hall–Kier alpha value is -1.60. The van der Waals surface area contributed by atoms with Gasteiger partial charge in [0.1, 0.15) is 15.0 Å². The number of aromatic nitrogens is 2. The van der Waals surface area contributed by atoms with Gasteiger partial charge in [0.05, 0.1) is 29.0 Å². The summed E-state index contributed by atoms with van der Waals surface area (Å²) in [5, 5.41) is 12.8. The van der Waals surface area contributed by atoms with Gasteiger partial charge in [0.2, 0.25) is 0 Å². The van der Waals surface area contributed by atoms with Crippen LogP contribution in [0.5, 0.6) is 0 Å². The van der Waals surface area contributed by atoms with Gasteiger partial charge in [-0.3, -0.25) is 19.2 Å². The molecule has 0 unspecified atom stereocenters. The molecule has 0 atom stereocenters. The Morgan fingerprint density at radius 3 is 1.64 bits per heavy atom. The molecule has 0 saturated carbocycles. The Morgan fingerprint density at radius 1 is 0.806 bits per heavy atom. The number of nitrogens with zero attached hydrogens (tertiary/aromatic N) is 3. The minimum absolute atomic E-state index is 0. The first-order valence-corrected chi connectivity index (χ1v) is 12.5. The van der Waals surface area contributed by atoms with Crippen LogP contribution in [0.15, 0.2) is 58.2 Å². The van der Waals surface area contributed by atoms with E-state index in [0.717, 1.165) is 16.7 Å². The molecule has 0 saturated heterocycles. The van der Waals surface area contributed by atoms with Crippen molar-refractivity contribution in [1.82, 2.24) is 9.13 Å². The summed E-state index contributed by atoms with van der Waals surface area (Å²) in [6.07, 6.45) is 0. The second kappa shape index (κ2) is 11.0. The van der Waals surface area contributed by atoms with Gasteiger partial charge in [-0.25, -0.2) is 13.2 Å². The van der Waals surface area contributed by atoms with Gasteiger partial charge in [0, 0.05) is 26.2 Å². The maximum atomic E-state index is 13.5. The van der Waals surface area contributed by atoms with Crippen LogP contribution in [0.4, 0.5) is 5.69 Å². The molecule has 0 N–H and O–H groups in total. The van der Waals surface area contributed by atoms with E-state index in [9.17, 15) is 27.9 Å². The number of rotatable bonds is 6. The zero-order chi connectivity index (χ0) is 25.7. The molecule has 15 heteroatoms. The van der Waals surface area contributed by atoms with E-state index in [1.54, 1.807) is 24.3 Å². The summed E-state index contributed by atoms with van der Waals surface area (Å²) < 4.78 is 37.7. The van der Waals surface area contributed by atoms with Gasteiger partial charge < -0.3 is 4.55 Å². The molecular formula is C21H12Cl4N3NaO6S. The van der Waals surface area contributed by atoms with Crippen LogP contribution < -0.4 is 35.2 Å². The van der Waals surface area contributed by atoms with Crippen LogP contribution in [-0.4, -0.2) is 27.0 Å². The molecule has 0 fully saturated rings. The Kier molecular flexibility index (Phi) is 8.87. The van der Waals surface area contributed by atoms with E-state index in [2.05, 4.69) is 0 Å². The van der Waals surface area contributed by atoms with Gasteiger partial charge in [-0.2, -0.15) is 0 Å². The molecule has 0 spiro atoms. The average molecular weight is 599 g/mol. The number of hydrogen-bond acceptors (Lipinski definition) is 6. The van der Waals surface area contributed by atoms with Gasteiger partial charge in [0.15, 0.2) is 0 Å². The zero-order valence-corrected chi connectivity index (χ0v) is 24.1. The van der Waals surface area contributed by atoms with E-state index in [4.69, 9.17) is 46.4 Å². The van der Waals surface area contributed by atoms with Crippen molar-refractivity contribution in [2.75, 3.05) is 0 Å². The Morgan fingerprint density at radius 2 is 1.25 bits per heavy atom. The van der Waals surface area contributed by atoms with Crippen LogP contribution in [0.1, 0.15) is 11.1 Å². The molecule has 0 aliphatic carbocycles. The normalized spacial score (nSPS) is 11.5. The molecule has 0 radical (unpaired) electrons. The number of imidazole rings is 1. The topological polar surface area (TPSA) is 127 Å². The first-order valence-electron chi connectivity index (χ1n) is 9.62. The van der Waals surface area contributed by atoms with Gasteiger partial charge in [-0.15, -0.1) is 0 Å². The molecule has 1 heterocycles. The van der Waals surface area contributed by atoms with E-state index in [0.29, 0.717) is 21.2 Å². The van der Waals surface area contributed by atoms with Crippen molar-refractivity contribution < 1.29 is 47.5 Å². The minimum Gasteiger partial charge on any atom is -0.744 e. The molecule has 182 valence electrons. The van der Waals surface area contributed by atoms with Gasteiger partial charge in [-0.05, 0) is 41.5 Å². The van der Waals surface area contributed by atoms with Gasteiger partial charge in [0.25, 0.3) is 5.69 Å². The summed E-state index contributed by atoms with van der Waals surface area (Å²) in [4.78, 5) is 23.0. The predicted molar refractivity (Wildman–Crippen MR) is 132 cm³/mol. The molecule has 36 heavy (non-hydrogen) atoms. The van der Waals surface area contributed by atoms with Crippen molar-refractivity contribution in [3.05, 3.63) is 100 Å². The predicted octanol–water partition coefficient (Wildman–Crippen LogP) is 2.33. The Bertz CT molecular complexity index is 1690. The third-order valence-corrected chi connectivity index (χ3v) is 7.29. The van der Waals surface area contributed by atoms with E-state index < -0.39 is 31.3 Å². The molecule has 4 aromatic rings. The second-order valence-electron chi connectivity index (χ2n) is 7.45. The SMILES string of the molecule is O=c1n(Cc2ccc(Cl)cc2Cl)c2cc([N+](=O)[O-])c(S(=O)(=O)[O-])cc2n1Cc1ccc(Cl)cc1Cl.[Na+]. The first kappa shape index (κ1) is 29.0. The van der Waals surface area contributed by atoms with Crippen LogP contribution in [0.25, 0.3) is 11.0 Å². The standard InChI is InChI=1S/C21H13Cl4N3O6S.Na/c22-13-3-1-11(15(24)5-13)9-26-17-7-19(28(30)31)20(35(32,33)34)8-18(17)27(21(26)29)10-12-2-4-14(23)6-16(12)25;/h1-8H,9-10H2,(H,32,33,34);/q;+1/p-1. The number of benzene rings is 3. The maximum Gasteiger partial charge on any atom is 1.00 e. The van der Waals surface area contributed by atoms with Gasteiger partial charge in [-0.1, -0.05) is 58.5 Å². The summed E-state index contributed by atoms with van der Waals surface area (Å²) in [6, 6.07) is 10.9. The quantitative estimate of drug-likeness (QED) is 0.145. The minimum atomic E-state index is -5.24. The summed E-state index contributed by atoms with van der Waals surface area (Å²) in [5.74, 6) is 0. The van der Waals surface area contributed by atoms with E-state index in [1.807, 2.05) is 0 Å². The fourth-order valence-corrected chi connectivity index (χ4v) is 5.20. The van der Waals surface area contributed by atoms with E-state index >= 15 is 0 Å². The molecule has 1 aromatic heterocycles. The smallest absolute Gasteiger partial charge is 0.744 e. The third kappa shape index (κ3) is 5.77. The van der Waals surface area contributed by atoms with Crippen molar-refractivity contribution in [2.24, 2.45) is 0 Å². The number of nitro groups is 1. The van der Waals surface area contributed by atoms with Crippen molar-refractivity contribution in [3.63, 3.8) is 0 Å². The summed E-state index contributed by atoms with van der Waals surface area (Å²) in [5.41, 5.74) is -0.662. The van der Waals surface area contributed by atoms with Crippen molar-refractivity contribution in [3.8, 4) is 0 Å². The summed E-state index contributed by atoms with van der Waals surface area (Å²) in [6.45, 7) is -0.254. The molecule has 0 aliphatic heterocycles. The number of hydrogen-bond donors (Lipinski definition) is 0. The fraction of sp³-hybridized carbons (Fsp3) is 0.0952. The van der Waals surface area contributed by atoms with Crippen LogP contribution in [-0.2, 0) is 23.2 Å². The summed E-state index contributed by atoms with van der Waals surface area (Å²) >= 11 is 24.4. The largest absolute Gasteiger partial charge is 1.00 e. The van der Waals surface area contributed by atoms with Crippen molar-refractivity contribution in [1.29, 1.82) is 0 Å². The third-order valence-electron chi connectivity index (χ3n) is 5.25. The molecule has 0 amide bonds. The number of halogens is 4. The Labute approximate surface area is 246 Å². The second-order valence-corrected chi connectivity index (χ2v) is 10.5. The van der Waals surface area contributed by atoms with Crippen LogP contribution in [0, 0.1) is 10.1 Å². The molecule has 3 aromatic carbocycles. The van der Waals surface area contributed by atoms with E-state index in [-0.39, 0.29) is 63.7 Å². The molecule has 0 bridgehead atoms.